The number of aryl methyl sites for hydroxylation is 1. The molecule has 0 fully saturated rings. The summed E-state index contributed by atoms with van der Waals surface area (Å²) in [7, 11) is 0. The summed E-state index contributed by atoms with van der Waals surface area (Å²) in [4.78, 5) is 0. The van der Waals surface area contributed by atoms with Crippen LogP contribution in [0.3, 0.4) is 0 Å². The average molecular weight is 194 g/mol. The Balaban J connectivity index is 2.79. The van der Waals surface area contributed by atoms with Gasteiger partial charge in [0.1, 0.15) is 5.75 Å². The maximum absolute atomic E-state index is 9.76. The number of nitrogens with two attached hydrogens (primary N) is 2. The third-order valence-corrected chi connectivity index (χ3v) is 2.39. The monoisotopic (exact) mass is 194 g/mol. The van der Waals surface area contributed by atoms with Crippen molar-refractivity contribution in [3.63, 3.8) is 0 Å². The predicted molar refractivity (Wildman–Crippen MR) is 58.1 cm³/mol. The van der Waals surface area contributed by atoms with Crippen LogP contribution < -0.4 is 11.5 Å². The minimum absolute atomic E-state index is 0.113. The van der Waals surface area contributed by atoms with Crippen LogP contribution in [0, 0.1) is 6.92 Å². The molecule has 0 aliphatic rings. The Morgan fingerprint density at radius 1 is 1.43 bits per heavy atom. The molecule has 0 amide bonds. The van der Waals surface area contributed by atoms with Gasteiger partial charge in [-0.15, -0.1) is 0 Å². The van der Waals surface area contributed by atoms with Crippen LogP contribution in [0.4, 0.5) is 0 Å². The molecule has 0 radical (unpaired) electrons. The van der Waals surface area contributed by atoms with Crippen molar-refractivity contribution < 1.29 is 5.11 Å². The summed E-state index contributed by atoms with van der Waals surface area (Å²) in [6.45, 7) is 2.51. The smallest absolute Gasteiger partial charge is 0.123 e. The Hall–Kier alpha value is -1.06. The Morgan fingerprint density at radius 3 is 2.79 bits per heavy atom. The van der Waals surface area contributed by atoms with Gasteiger partial charge in [-0.3, -0.25) is 0 Å². The molecule has 0 aromatic heterocycles. The highest BCUT2D eigenvalue weighted by Crippen LogP contribution is 2.28. The lowest BCUT2D eigenvalue weighted by Gasteiger charge is -2.14. The van der Waals surface area contributed by atoms with Crippen LogP contribution in [0.1, 0.15) is 30.0 Å². The summed E-state index contributed by atoms with van der Waals surface area (Å²) in [5, 5.41) is 9.76. The Kier molecular flexibility index (Phi) is 3.92. The third-order valence-electron chi connectivity index (χ3n) is 2.39. The number of para-hydroxylation sites is 1. The zero-order chi connectivity index (χ0) is 10.6. The van der Waals surface area contributed by atoms with Crippen molar-refractivity contribution in [2.75, 3.05) is 6.54 Å². The maximum atomic E-state index is 9.76. The number of rotatable bonds is 4. The zero-order valence-electron chi connectivity index (χ0n) is 8.53. The summed E-state index contributed by atoms with van der Waals surface area (Å²) in [6.07, 6.45) is 1.70. The van der Waals surface area contributed by atoms with E-state index in [0.717, 1.165) is 24.0 Å². The number of benzene rings is 1. The highest BCUT2D eigenvalue weighted by molar-refractivity contribution is 5.41. The Bertz CT molecular complexity index is 299. The van der Waals surface area contributed by atoms with Crippen LogP contribution in [0.25, 0.3) is 0 Å². The van der Waals surface area contributed by atoms with Gasteiger partial charge >= 0.3 is 0 Å². The second-order valence-corrected chi connectivity index (χ2v) is 3.55. The van der Waals surface area contributed by atoms with Gasteiger partial charge in [0.15, 0.2) is 0 Å². The molecule has 0 heterocycles. The van der Waals surface area contributed by atoms with Gasteiger partial charge in [-0.1, -0.05) is 18.2 Å². The minimum Gasteiger partial charge on any atom is -0.507 e. The lowest BCUT2D eigenvalue weighted by Crippen LogP contribution is -2.12. The summed E-state index contributed by atoms with van der Waals surface area (Å²) in [5.74, 6) is 0.317. The molecule has 1 aromatic carbocycles. The average Bonchev–Trinajstić information content (AvgIpc) is 2.18. The van der Waals surface area contributed by atoms with Crippen molar-refractivity contribution in [2.45, 2.75) is 25.8 Å². The third kappa shape index (κ3) is 2.47. The van der Waals surface area contributed by atoms with Crippen molar-refractivity contribution in [1.82, 2.24) is 0 Å². The van der Waals surface area contributed by atoms with Crippen molar-refractivity contribution in [2.24, 2.45) is 11.5 Å². The van der Waals surface area contributed by atoms with Gasteiger partial charge in [-0.2, -0.15) is 0 Å². The van der Waals surface area contributed by atoms with Crippen LogP contribution in [0.5, 0.6) is 5.75 Å². The molecule has 0 aliphatic heterocycles. The molecule has 3 heteroatoms. The van der Waals surface area contributed by atoms with Crippen LogP contribution >= 0.6 is 0 Å². The Morgan fingerprint density at radius 2 is 2.14 bits per heavy atom. The standard InChI is InChI=1S/C11H18N2O/c1-8-4-2-5-9(11(8)14)10(13)6-3-7-12/h2,4-5,10,14H,3,6-7,12-13H2,1H3/t10-/m0/s1. The first-order chi connectivity index (χ1) is 6.66. The molecule has 0 unspecified atom stereocenters. The molecule has 1 atom stereocenters. The summed E-state index contributed by atoms with van der Waals surface area (Å²) in [6, 6.07) is 5.53. The maximum Gasteiger partial charge on any atom is 0.123 e. The fourth-order valence-electron chi connectivity index (χ4n) is 1.47. The molecule has 0 saturated carbocycles. The summed E-state index contributed by atoms with van der Waals surface area (Å²) >= 11 is 0. The van der Waals surface area contributed by atoms with E-state index in [1.165, 1.54) is 0 Å². The van der Waals surface area contributed by atoms with Crippen molar-refractivity contribution in [1.29, 1.82) is 0 Å². The van der Waals surface area contributed by atoms with Gasteiger partial charge in [0.2, 0.25) is 0 Å². The van der Waals surface area contributed by atoms with E-state index in [1.807, 2.05) is 25.1 Å². The van der Waals surface area contributed by atoms with Gasteiger partial charge in [0.05, 0.1) is 0 Å². The molecule has 5 N–H and O–H groups in total. The zero-order valence-corrected chi connectivity index (χ0v) is 8.53. The van der Waals surface area contributed by atoms with Gasteiger partial charge in [-0.25, -0.2) is 0 Å². The highest BCUT2D eigenvalue weighted by atomic mass is 16.3. The SMILES string of the molecule is Cc1cccc([C@@H](N)CCCN)c1O. The number of hydrogen-bond acceptors (Lipinski definition) is 3. The van der Waals surface area contributed by atoms with Crippen molar-refractivity contribution in [3.8, 4) is 5.75 Å². The van der Waals surface area contributed by atoms with E-state index in [0.29, 0.717) is 12.3 Å². The van der Waals surface area contributed by atoms with Crippen molar-refractivity contribution in [3.05, 3.63) is 29.3 Å². The number of phenols is 1. The van der Waals surface area contributed by atoms with E-state index in [9.17, 15) is 5.11 Å². The second kappa shape index (κ2) is 4.98. The summed E-state index contributed by atoms with van der Waals surface area (Å²) < 4.78 is 0. The molecule has 78 valence electrons. The van der Waals surface area contributed by atoms with E-state index in [-0.39, 0.29) is 6.04 Å². The van der Waals surface area contributed by atoms with Gasteiger partial charge in [-0.05, 0) is 31.9 Å². The molecule has 0 saturated heterocycles. The molecule has 1 aromatic rings. The minimum atomic E-state index is -0.113. The fraction of sp³-hybridized carbons (Fsp3) is 0.455. The first kappa shape index (κ1) is 11.0. The molecule has 1 rings (SSSR count). The summed E-state index contributed by atoms with van der Waals surface area (Å²) in [5.41, 5.74) is 13.0. The molecule has 0 spiro atoms. The first-order valence-electron chi connectivity index (χ1n) is 4.91. The van der Waals surface area contributed by atoms with E-state index in [1.54, 1.807) is 0 Å². The first-order valence-corrected chi connectivity index (χ1v) is 4.91. The normalized spacial score (nSPS) is 12.8. The van der Waals surface area contributed by atoms with E-state index in [2.05, 4.69) is 0 Å². The number of aromatic hydroxyl groups is 1. The lowest BCUT2D eigenvalue weighted by atomic mass is 10.00. The van der Waals surface area contributed by atoms with Crippen LogP contribution in [-0.4, -0.2) is 11.7 Å². The Labute approximate surface area is 84.7 Å². The van der Waals surface area contributed by atoms with Gasteiger partial charge in [0, 0.05) is 11.6 Å². The van der Waals surface area contributed by atoms with E-state index >= 15 is 0 Å². The molecular formula is C11H18N2O. The van der Waals surface area contributed by atoms with Gasteiger partial charge < -0.3 is 16.6 Å². The topological polar surface area (TPSA) is 72.3 Å². The van der Waals surface area contributed by atoms with Crippen LogP contribution in [0.15, 0.2) is 18.2 Å². The van der Waals surface area contributed by atoms with Gasteiger partial charge in [0.25, 0.3) is 0 Å². The van der Waals surface area contributed by atoms with Crippen LogP contribution in [-0.2, 0) is 0 Å². The second-order valence-electron chi connectivity index (χ2n) is 3.55. The number of phenolic OH excluding ortho intramolecular Hbond substituents is 1. The largest absolute Gasteiger partial charge is 0.507 e. The fourth-order valence-corrected chi connectivity index (χ4v) is 1.47. The van der Waals surface area contributed by atoms with E-state index in [4.69, 9.17) is 11.5 Å². The molecule has 0 aliphatic carbocycles. The molecular weight excluding hydrogens is 176 g/mol. The van der Waals surface area contributed by atoms with Crippen LogP contribution in [0.2, 0.25) is 0 Å². The lowest BCUT2D eigenvalue weighted by molar-refractivity contribution is 0.453. The van der Waals surface area contributed by atoms with Crippen molar-refractivity contribution >= 4 is 0 Å². The predicted octanol–water partition coefficient (Wildman–Crippen LogP) is 1.44. The molecule has 0 bridgehead atoms. The van der Waals surface area contributed by atoms with E-state index < -0.39 is 0 Å². The molecule has 3 nitrogen and oxygen atoms in total. The number of hydrogen-bond donors (Lipinski definition) is 3. The quantitative estimate of drug-likeness (QED) is 0.679. The molecule has 14 heavy (non-hydrogen) atoms. The highest BCUT2D eigenvalue weighted by Gasteiger charge is 2.11.